The van der Waals surface area contributed by atoms with E-state index in [0.29, 0.717) is 45.6 Å². The van der Waals surface area contributed by atoms with Gasteiger partial charge in [-0.1, -0.05) is 20.8 Å². The summed E-state index contributed by atoms with van der Waals surface area (Å²) in [6.45, 7) is 11.0. The minimum Gasteiger partial charge on any atom is -0.378 e. The number of likely N-dealkylation sites (tertiary alicyclic amines) is 1. The minimum absolute atomic E-state index is 0.145. The molecule has 0 radical (unpaired) electrons. The van der Waals surface area contributed by atoms with Gasteiger partial charge in [-0.05, 0) is 43.4 Å². The second-order valence-electron chi connectivity index (χ2n) is 10.3. The van der Waals surface area contributed by atoms with Gasteiger partial charge in [0.1, 0.15) is 11.6 Å². The number of nitrogens with one attached hydrogen (secondary N) is 2. The number of nitrogens with zero attached hydrogens (tertiary/aromatic N) is 3. The molecule has 0 aromatic rings. The SMILES string of the molecule is CC(C)(C)CC(NC(=O)N1CCOCC1)C(=O)NC1(C#N)CCN(CC2CC2)CC1. The number of urea groups is 1. The van der Waals surface area contributed by atoms with Gasteiger partial charge in [-0.15, -0.1) is 0 Å². The van der Waals surface area contributed by atoms with Crippen molar-refractivity contribution in [3.63, 3.8) is 0 Å². The second kappa shape index (κ2) is 9.52. The number of morpholine rings is 1. The van der Waals surface area contributed by atoms with Crippen LogP contribution in [0.1, 0.15) is 52.9 Å². The van der Waals surface area contributed by atoms with E-state index < -0.39 is 11.6 Å². The Morgan fingerprint density at radius 2 is 1.80 bits per heavy atom. The highest BCUT2D eigenvalue weighted by atomic mass is 16.5. The van der Waals surface area contributed by atoms with Crippen LogP contribution in [0, 0.1) is 22.7 Å². The highest BCUT2D eigenvalue weighted by Crippen LogP contribution is 2.32. The first-order valence-electron chi connectivity index (χ1n) is 11.3. The Morgan fingerprint density at radius 1 is 1.17 bits per heavy atom. The van der Waals surface area contributed by atoms with Crippen molar-refractivity contribution >= 4 is 11.9 Å². The molecule has 1 saturated carbocycles. The molecular formula is C22H37N5O3. The van der Waals surface area contributed by atoms with Crippen molar-refractivity contribution in [3.8, 4) is 6.07 Å². The monoisotopic (exact) mass is 419 g/mol. The molecule has 2 N–H and O–H groups in total. The molecule has 3 rings (SSSR count). The van der Waals surface area contributed by atoms with E-state index in [2.05, 4.69) is 21.6 Å². The van der Waals surface area contributed by atoms with E-state index in [4.69, 9.17) is 4.74 Å². The molecule has 2 heterocycles. The number of rotatable bonds is 6. The van der Waals surface area contributed by atoms with E-state index >= 15 is 0 Å². The zero-order valence-electron chi connectivity index (χ0n) is 18.7. The van der Waals surface area contributed by atoms with Gasteiger partial charge in [0.15, 0.2) is 0 Å². The summed E-state index contributed by atoms with van der Waals surface area (Å²) < 4.78 is 5.31. The lowest BCUT2D eigenvalue weighted by molar-refractivity contribution is -0.125. The zero-order chi connectivity index (χ0) is 21.8. The molecule has 30 heavy (non-hydrogen) atoms. The molecular weight excluding hydrogens is 382 g/mol. The normalized spacial score (nSPS) is 23.3. The second-order valence-corrected chi connectivity index (χ2v) is 10.3. The Balaban J connectivity index is 1.61. The van der Waals surface area contributed by atoms with Crippen molar-refractivity contribution in [2.75, 3.05) is 45.9 Å². The predicted octanol–water partition coefficient (Wildman–Crippen LogP) is 1.72. The number of piperidine rings is 1. The van der Waals surface area contributed by atoms with Crippen LogP contribution in [0.3, 0.4) is 0 Å². The third kappa shape index (κ3) is 6.58. The van der Waals surface area contributed by atoms with Gasteiger partial charge < -0.3 is 25.2 Å². The quantitative estimate of drug-likeness (QED) is 0.683. The van der Waals surface area contributed by atoms with Crippen LogP contribution in [-0.4, -0.2) is 79.3 Å². The zero-order valence-corrected chi connectivity index (χ0v) is 18.7. The summed E-state index contributed by atoms with van der Waals surface area (Å²) in [5, 5.41) is 15.8. The molecule has 0 aromatic carbocycles. The number of ether oxygens (including phenoxy) is 1. The highest BCUT2D eigenvalue weighted by Gasteiger charge is 2.40. The van der Waals surface area contributed by atoms with Crippen LogP contribution in [0.2, 0.25) is 0 Å². The van der Waals surface area contributed by atoms with Crippen molar-refractivity contribution in [2.24, 2.45) is 11.3 Å². The van der Waals surface area contributed by atoms with Gasteiger partial charge in [0.2, 0.25) is 5.91 Å². The fraction of sp³-hybridized carbons (Fsp3) is 0.864. The van der Waals surface area contributed by atoms with E-state index in [-0.39, 0.29) is 17.4 Å². The molecule has 8 nitrogen and oxygen atoms in total. The predicted molar refractivity (Wildman–Crippen MR) is 114 cm³/mol. The smallest absolute Gasteiger partial charge is 0.318 e. The molecule has 0 aromatic heterocycles. The van der Waals surface area contributed by atoms with Crippen molar-refractivity contribution in [2.45, 2.75) is 64.5 Å². The van der Waals surface area contributed by atoms with Crippen LogP contribution in [0.5, 0.6) is 0 Å². The standard InChI is InChI=1S/C22H37N5O3/c1-21(2,3)14-18(24-20(29)27-10-12-30-13-11-27)19(28)25-22(16-23)6-8-26(9-7-22)15-17-4-5-17/h17-18H,4-15H2,1-3H3,(H,24,29)(H,25,28). The molecule has 2 aliphatic heterocycles. The number of amides is 3. The Kier molecular flexibility index (Phi) is 7.25. The lowest BCUT2D eigenvalue weighted by Crippen LogP contribution is -2.60. The molecule has 3 fully saturated rings. The molecule has 1 atom stereocenters. The first-order valence-corrected chi connectivity index (χ1v) is 11.3. The summed E-state index contributed by atoms with van der Waals surface area (Å²) in [6, 6.07) is 1.46. The van der Waals surface area contributed by atoms with Crippen molar-refractivity contribution < 1.29 is 14.3 Å². The van der Waals surface area contributed by atoms with Crippen LogP contribution in [0.4, 0.5) is 4.79 Å². The summed E-state index contributed by atoms with van der Waals surface area (Å²) in [4.78, 5) is 30.0. The van der Waals surface area contributed by atoms with Gasteiger partial charge >= 0.3 is 6.03 Å². The van der Waals surface area contributed by atoms with Gasteiger partial charge in [-0.3, -0.25) is 4.79 Å². The van der Waals surface area contributed by atoms with Gasteiger partial charge in [0, 0.05) is 32.7 Å². The van der Waals surface area contributed by atoms with Crippen LogP contribution in [-0.2, 0) is 9.53 Å². The molecule has 2 saturated heterocycles. The summed E-state index contributed by atoms with van der Waals surface area (Å²) in [5.74, 6) is 0.560. The first-order chi connectivity index (χ1) is 14.2. The maximum Gasteiger partial charge on any atom is 0.318 e. The van der Waals surface area contributed by atoms with Gasteiger partial charge in [0.25, 0.3) is 0 Å². The highest BCUT2D eigenvalue weighted by molar-refractivity contribution is 5.88. The number of hydrogen-bond acceptors (Lipinski definition) is 5. The summed E-state index contributed by atoms with van der Waals surface area (Å²) in [7, 11) is 0. The molecule has 0 spiro atoms. The van der Waals surface area contributed by atoms with E-state index in [1.54, 1.807) is 4.90 Å². The van der Waals surface area contributed by atoms with Crippen molar-refractivity contribution in [1.82, 2.24) is 20.4 Å². The summed E-state index contributed by atoms with van der Waals surface area (Å²) in [6.07, 6.45) is 4.38. The first kappa shape index (κ1) is 22.8. The molecule has 8 heteroatoms. The largest absolute Gasteiger partial charge is 0.378 e. The van der Waals surface area contributed by atoms with Crippen LogP contribution in [0.15, 0.2) is 0 Å². The number of carbonyl (C=O) groups is 2. The van der Waals surface area contributed by atoms with Crippen LogP contribution >= 0.6 is 0 Å². The molecule has 3 amide bonds. The van der Waals surface area contributed by atoms with Gasteiger partial charge in [-0.2, -0.15) is 5.26 Å². The van der Waals surface area contributed by atoms with Gasteiger partial charge in [-0.25, -0.2) is 4.79 Å². The Hall–Kier alpha value is -1.85. The van der Waals surface area contributed by atoms with E-state index in [1.165, 1.54) is 12.8 Å². The van der Waals surface area contributed by atoms with E-state index in [1.807, 2.05) is 20.8 Å². The van der Waals surface area contributed by atoms with Crippen molar-refractivity contribution in [3.05, 3.63) is 0 Å². The third-order valence-corrected chi connectivity index (χ3v) is 6.23. The third-order valence-electron chi connectivity index (χ3n) is 6.23. The maximum absolute atomic E-state index is 13.2. The summed E-state index contributed by atoms with van der Waals surface area (Å²) in [5.41, 5.74) is -0.995. The maximum atomic E-state index is 13.2. The molecule has 0 bridgehead atoms. The Morgan fingerprint density at radius 3 is 2.33 bits per heavy atom. The van der Waals surface area contributed by atoms with Crippen LogP contribution < -0.4 is 10.6 Å². The van der Waals surface area contributed by atoms with E-state index in [9.17, 15) is 14.9 Å². The fourth-order valence-corrected chi connectivity index (χ4v) is 4.20. The van der Waals surface area contributed by atoms with E-state index in [0.717, 1.165) is 25.6 Å². The fourth-order valence-electron chi connectivity index (χ4n) is 4.20. The van der Waals surface area contributed by atoms with Crippen LogP contribution in [0.25, 0.3) is 0 Å². The number of carbonyl (C=O) groups excluding carboxylic acids is 2. The lowest BCUT2D eigenvalue weighted by atomic mass is 9.85. The van der Waals surface area contributed by atoms with Crippen molar-refractivity contribution in [1.29, 1.82) is 5.26 Å². The minimum atomic E-state index is -0.850. The lowest BCUT2D eigenvalue weighted by Gasteiger charge is -2.39. The average molecular weight is 420 g/mol. The average Bonchev–Trinajstić information content (AvgIpc) is 3.53. The Bertz CT molecular complexity index is 651. The molecule has 3 aliphatic rings. The summed E-state index contributed by atoms with van der Waals surface area (Å²) >= 11 is 0. The molecule has 1 aliphatic carbocycles. The molecule has 168 valence electrons. The Labute approximate surface area is 180 Å². The number of hydrogen-bond donors (Lipinski definition) is 2. The van der Waals surface area contributed by atoms with Gasteiger partial charge in [0.05, 0.1) is 19.3 Å². The topological polar surface area (TPSA) is 97.7 Å². The molecule has 1 unspecified atom stereocenters. The number of nitriles is 1.